The number of amides is 2. The fourth-order valence-electron chi connectivity index (χ4n) is 4.13. The number of nitrogens with zero attached hydrogens (tertiary/aromatic N) is 4. The van der Waals surface area contributed by atoms with Crippen molar-refractivity contribution in [3.05, 3.63) is 71.3 Å². The summed E-state index contributed by atoms with van der Waals surface area (Å²) in [6, 6.07) is 17.0. The zero-order valence-corrected chi connectivity index (χ0v) is 17.6. The molecule has 0 radical (unpaired) electrons. The maximum atomic E-state index is 13.3. The molecule has 0 saturated carbocycles. The fourth-order valence-corrected chi connectivity index (χ4v) is 4.13. The molecule has 1 atom stereocenters. The van der Waals surface area contributed by atoms with Crippen LogP contribution in [0.3, 0.4) is 0 Å². The lowest BCUT2D eigenvalue weighted by atomic mass is 10.1. The van der Waals surface area contributed by atoms with Gasteiger partial charge in [-0.2, -0.15) is 0 Å². The third-order valence-electron chi connectivity index (χ3n) is 5.96. The van der Waals surface area contributed by atoms with E-state index in [0.29, 0.717) is 30.0 Å². The number of pyridine rings is 1. The normalized spacial score (nSPS) is 19.0. The Morgan fingerprint density at radius 2 is 1.77 bits per heavy atom. The molecule has 2 aromatic carbocycles. The Morgan fingerprint density at radius 3 is 2.58 bits per heavy atom. The minimum absolute atomic E-state index is 0.216. The minimum Gasteiger partial charge on any atom is -0.420 e. The first kappa shape index (κ1) is 19.5. The van der Waals surface area contributed by atoms with Crippen molar-refractivity contribution in [3.8, 4) is 0 Å². The third-order valence-corrected chi connectivity index (χ3v) is 5.96. The number of carbonyl (C=O) groups is 2. The molecular weight excluding hydrogens is 392 g/mol. The molecule has 0 N–H and O–H groups in total. The van der Waals surface area contributed by atoms with Crippen LogP contribution in [-0.4, -0.2) is 60.0 Å². The highest BCUT2D eigenvalue weighted by molar-refractivity contribution is 6.10. The van der Waals surface area contributed by atoms with E-state index in [1.54, 1.807) is 17.0 Å². The zero-order chi connectivity index (χ0) is 21.5. The summed E-state index contributed by atoms with van der Waals surface area (Å²) in [5.74, 6) is 0.252. The van der Waals surface area contributed by atoms with Crippen LogP contribution < -0.4 is 4.90 Å². The van der Waals surface area contributed by atoms with E-state index >= 15 is 0 Å². The Hall–Kier alpha value is -3.45. The van der Waals surface area contributed by atoms with Crippen molar-refractivity contribution in [2.45, 2.75) is 13.2 Å². The number of hydrogen-bond acceptors (Lipinski definition) is 5. The fraction of sp³-hybridized carbons (Fsp3) is 0.292. The number of carbonyl (C=O) groups excluding carboxylic acids is 2. The second kappa shape index (κ2) is 7.67. The molecule has 158 valence electrons. The largest absolute Gasteiger partial charge is 0.420 e. The van der Waals surface area contributed by atoms with Gasteiger partial charge in [0.25, 0.3) is 5.91 Å². The summed E-state index contributed by atoms with van der Waals surface area (Å²) in [5.41, 5.74) is 3.10. The highest BCUT2D eigenvalue weighted by Crippen LogP contribution is 2.38. The number of likely N-dealkylation sites (N-methyl/N-ethyl adjacent to an activating group) is 1. The molecule has 2 aliphatic heterocycles. The van der Waals surface area contributed by atoms with Gasteiger partial charge in [0, 0.05) is 42.7 Å². The lowest BCUT2D eigenvalue weighted by molar-refractivity contribution is 0.0489. The maximum absolute atomic E-state index is 13.3. The van der Waals surface area contributed by atoms with Crippen LogP contribution in [-0.2, 0) is 4.74 Å². The molecule has 2 aliphatic rings. The van der Waals surface area contributed by atoms with E-state index in [2.05, 4.69) is 4.90 Å². The van der Waals surface area contributed by atoms with Crippen molar-refractivity contribution in [1.29, 1.82) is 0 Å². The first-order valence-electron chi connectivity index (χ1n) is 10.5. The van der Waals surface area contributed by atoms with Crippen LogP contribution in [0.2, 0.25) is 0 Å². The molecule has 1 aromatic heterocycles. The van der Waals surface area contributed by atoms with Crippen molar-refractivity contribution in [1.82, 2.24) is 14.8 Å². The van der Waals surface area contributed by atoms with Gasteiger partial charge >= 0.3 is 6.09 Å². The standard InChI is InChI=1S/C24H24N4O3/c1-16-7-8-17-9-10-21(25-20(17)15-16)28-22(29)18-5-3-4-6-19(18)23(28)31-24(30)27-13-11-26(2)12-14-27/h3-10,15,23H,11-14H2,1-2H3. The van der Waals surface area contributed by atoms with Gasteiger partial charge in [0.1, 0.15) is 5.82 Å². The van der Waals surface area contributed by atoms with E-state index in [1.807, 2.05) is 56.4 Å². The summed E-state index contributed by atoms with van der Waals surface area (Å²) in [6.45, 7) is 4.80. The Balaban J connectivity index is 1.51. The second-order valence-corrected chi connectivity index (χ2v) is 8.15. The second-order valence-electron chi connectivity index (χ2n) is 8.15. The summed E-state index contributed by atoms with van der Waals surface area (Å²) >= 11 is 0. The molecule has 0 aliphatic carbocycles. The minimum atomic E-state index is -0.842. The van der Waals surface area contributed by atoms with Crippen LogP contribution in [0.1, 0.15) is 27.7 Å². The molecule has 7 nitrogen and oxygen atoms in total. The van der Waals surface area contributed by atoms with Gasteiger partial charge < -0.3 is 14.5 Å². The number of hydrogen-bond donors (Lipinski definition) is 0. The summed E-state index contributed by atoms with van der Waals surface area (Å²) in [7, 11) is 2.03. The van der Waals surface area contributed by atoms with Crippen molar-refractivity contribution in [2.24, 2.45) is 0 Å². The number of ether oxygens (including phenoxy) is 1. The zero-order valence-electron chi connectivity index (χ0n) is 17.6. The van der Waals surface area contributed by atoms with Gasteiger partial charge in [0.05, 0.1) is 5.52 Å². The van der Waals surface area contributed by atoms with Crippen LogP contribution >= 0.6 is 0 Å². The molecule has 5 rings (SSSR count). The predicted molar refractivity (Wildman–Crippen MR) is 118 cm³/mol. The Labute approximate surface area is 180 Å². The number of benzene rings is 2. The molecule has 1 fully saturated rings. The molecule has 1 saturated heterocycles. The topological polar surface area (TPSA) is 66.0 Å². The Kier molecular flexibility index (Phi) is 4.82. The van der Waals surface area contributed by atoms with E-state index in [9.17, 15) is 9.59 Å². The number of anilines is 1. The number of piperazine rings is 1. The predicted octanol–water partition coefficient (Wildman–Crippen LogP) is 3.59. The monoisotopic (exact) mass is 416 g/mol. The van der Waals surface area contributed by atoms with Gasteiger partial charge in [-0.05, 0) is 43.8 Å². The molecular formula is C24H24N4O3. The van der Waals surface area contributed by atoms with Crippen LogP contribution in [0.5, 0.6) is 0 Å². The van der Waals surface area contributed by atoms with Crippen LogP contribution in [0.25, 0.3) is 10.9 Å². The van der Waals surface area contributed by atoms with Gasteiger partial charge in [-0.15, -0.1) is 0 Å². The van der Waals surface area contributed by atoms with Gasteiger partial charge in [0.2, 0.25) is 6.23 Å². The van der Waals surface area contributed by atoms with Gasteiger partial charge in [-0.3, -0.25) is 9.69 Å². The van der Waals surface area contributed by atoms with Crippen molar-refractivity contribution in [3.63, 3.8) is 0 Å². The highest BCUT2D eigenvalue weighted by atomic mass is 16.6. The number of rotatable bonds is 2. The molecule has 31 heavy (non-hydrogen) atoms. The van der Waals surface area contributed by atoms with E-state index < -0.39 is 12.3 Å². The first-order valence-corrected chi connectivity index (χ1v) is 10.5. The van der Waals surface area contributed by atoms with Crippen LogP contribution in [0.4, 0.5) is 10.6 Å². The van der Waals surface area contributed by atoms with E-state index in [1.165, 1.54) is 4.90 Å². The molecule has 3 aromatic rings. The van der Waals surface area contributed by atoms with Gasteiger partial charge in [-0.25, -0.2) is 9.78 Å². The molecule has 1 unspecified atom stereocenters. The molecule has 3 heterocycles. The number of fused-ring (bicyclic) bond motifs is 2. The maximum Gasteiger partial charge on any atom is 0.412 e. The SMILES string of the molecule is Cc1ccc2ccc(N3C(=O)c4ccccc4C3OC(=O)N3CCN(C)CC3)nc2c1. The van der Waals surface area contributed by atoms with E-state index in [-0.39, 0.29) is 5.91 Å². The summed E-state index contributed by atoms with van der Waals surface area (Å²) in [4.78, 5) is 36.3. The molecule has 0 bridgehead atoms. The third kappa shape index (κ3) is 3.51. The average molecular weight is 416 g/mol. The van der Waals surface area contributed by atoms with Crippen molar-refractivity contribution in [2.75, 3.05) is 38.1 Å². The van der Waals surface area contributed by atoms with Crippen LogP contribution in [0, 0.1) is 6.92 Å². The van der Waals surface area contributed by atoms with Gasteiger partial charge in [-0.1, -0.05) is 30.3 Å². The number of aryl methyl sites for hydroxylation is 1. The van der Waals surface area contributed by atoms with Gasteiger partial charge in [0.15, 0.2) is 0 Å². The Morgan fingerprint density at radius 1 is 1.03 bits per heavy atom. The smallest absolute Gasteiger partial charge is 0.412 e. The van der Waals surface area contributed by atoms with Crippen LogP contribution in [0.15, 0.2) is 54.6 Å². The van der Waals surface area contributed by atoms with E-state index in [4.69, 9.17) is 9.72 Å². The van der Waals surface area contributed by atoms with Crippen molar-refractivity contribution >= 4 is 28.7 Å². The lowest BCUT2D eigenvalue weighted by Gasteiger charge is -2.33. The molecule has 0 spiro atoms. The summed E-state index contributed by atoms with van der Waals surface area (Å²) < 4.78 is 5.92. The summed E-state index contributed by atoms with van der Waals surface area (Å²) in [5, 5.41) is 0.990. The molecule has 7 heteroatoms. The lowest BCUT2D eigenvalue weighted by Crippen LogP contribution is -2.48. The Bertz CT molecular complexity index is 1170. The van der Waals surface area contributed by atoms with E-state index in [0.717, 1.165) is 29.6 Å². The number of aromatic nitrogens is 1. The first-order chi connectivity index (χ1) is 15.0. The summed E-state index contributed by atoms with van der Waals surface area (Å²) in [6.07, 6.45) is -1.25. The molecule has 2 amide bonds. The van der Waals surface area contributed by atoms with Crippen molar-refractivity contribution < 1.29 is 14.3 Å². The quantitative estimate of drug-likeness (QED) is 0.639. The average Bonchev–Trinajstić information content (AvgIpc) is 3.05. The highest BCUT2D eigenvalue weighted by Gasteiger charge is 2.41.